The number of hydrogen-bond donors (Lipinski definition) is 2. The first-order valence-electron chi connectivity index (χ1n) is 6.22. The Hall–Kier alpha value is -2.29. The van der Waals surface area contributed by atoms with Gasteiger partial charge in [0.1, 0.15) is 5.69 Å². The van der Waals surface area contributed by atoms with Crippen LogP contribution < -0.4 is 10.6 Å². The molecule has 2 rings (SSSR count). The molecule has 0 spiro atoms. The molecular formula is C13H12BrN3O5. The van der Waals surface area contributed by atoms with Gasteiger partial charge in [-0.25, -0.2) is 0 Å². The van der Waals surface area contributed by atoms with Gasteiger partial charge in [-0.2, -0.15) is 0 Å². The molecule has 8 nitrogen and oxygen atoms in total. The topological polar surface area (TPSA) is 118 Å². The molecule has 2 N–H and O–H groups in total. The van der Waals surface area contributed by atoms with Crippen LogP contribution in [-0.2, 0) is 15.0 Å². The quantitative estimate of drug-likeness (QED) is 0.468. The number of amides is 3. The Morgan fingerprint density at radius 2 is 2.00 bits per heavy atom. The molecule has 1 aliphatic rings. The Labute approximate surface area is 133 Å². The highest BCUT2D eigenvalue weighted by molar-refractivity contribution is 9.10. The first-order valence-corrected chi connectivity index (χ1v) is 7.01. The van der Waals surface area contributed by atoms with E-state index in [-0.39, 0.29) is 21.3 Å². The lowest BCUT2D eigenvalue weighted by Gasteiger charge is -2.31. The van der Waals surface area contributed by atoms with E-state index in [2.05, 4.69) is 26.6 Å². The number of anilines is 1. The van der Waals surface area contributed by atoms with E-state index in [0.29, 0.717) is 0 Å². The number of nitrogens with one attached hydrogen (secondary N) is 2. The zero-order valence-corrected chi connectivity index (χ0v) is 13.5. The second-order valence-electron chi connectivity index (χ2n) is 5.35. The summed E-state index contributed by atoms with van der Waals surface area (Å²) >= 11 is 3.14. The molecule has 0 atom stereocenters. The van der Waals surface area contributed by atoms with Gasteiger partial charge in [-0.3, -0.25) is 29.8 Å². The minimum atomic E-state index is -1.12. The largest absolute Gasteiger partial charge is 0.320 e. The van der Waals surface area contributed by atoms with Gasteiger partial charge < -0.3 is 5.32 Å². The summed E-state index contributed by atoms with van der Waals surface area (Å²) in [5.41, 5.74) is -1.30. The molecule has 3 amide bonds. The minimum Gasteiger partial charge on any atom is -0.320 e. The maximum absolute atomic E-state index is 12.1. The van der Waals surface area contributed by atoms with Gasteiger partial charge in [0, 0.05) is 13.0 Å². The van der Waals surface area contributed by atoms with Gasteiger partial charge >= 0.3 is 0 Å². The predicted molar refractivity (Wildman–Crippen MR) is 80.6 cm³/mol. The van der Waals surface area contributed by atoms with E-state index in [1.807, 2.05) is 0 Å². The predicted octanol–water partition coefficient (Wildman–Crippen LogP) is 1.86. The molecule has 0 bridgehead atoms. The van der Waals surface area contributed by atoms with Gasteiger partial charge in [-0.15, -0.1) is 0 Å². The first-order chi connectivity index (χ1) is 10.1. The number of hydrogen-bond acceptors (Lipinski definition) is 5. The monoisotopic (exact) mass is 369 g/mol. The number of fused-ring (bicyclic) bond motifs is 1. The van der Waals surface area contributed by atoms with Crippen molar-refractivity contribution in [3.8, 4) is 0 Å². The third kappa shape index (κ3) is 2.37. The molecule has 0 saturated heterocycles. The number of carbonyl (C=O) groups excluding carboxylic acids is 3. The maximum Gasteiger partial charge on any atom is 0.294 e. The summed E-state index contributed by atoms with van der Waals surface area (Å²) in [6, 6.07) is 1.15. The summed E-state index contributed by atoms with van der Waals surface area (Å²) in [6.07, 6.45) is 0. The second kappa shape index (κ2) is 5.16. The van der Waals surface area contributed by atoms with Crippen LogP contribution >= 0.6 is 15.9 Å². The van der Waals surface area contributed by atoms with Crippen LogP contribution in [0.15, 0.2) is 10.5 Å². The highest BCUT2D eigenvalue weighted by atomic mass is 79.9. The number of nitro benzene ring substituents is 1. The van der Waals surface area contributed by atoms with E-state index < -0.39 is 33.7 Å². The lowest BCUT2D eigenvalue weighted by Crippen LogP contribution is -2.49. The van der Waals surface area contributed by atoms with Crippen molar-refractivity contribution >= 4 is 45.0 Å². The van der Waals surface area contributed by atoms with Crippen molar-refractivity contribution in [2.75, 3.05) is 5.32 Å². The molecule has 0 radical (unpaired) electrons. The molecule has 9 heteroatoms. The Morgan fingerprint density at radius 1 is 1.41 bits per heavy atom. The van der Waals surface area contributed by atoms with Crippen molar-refractivity contribution in [3.05, 3.63) is 31.8 Å². The number of nitrogens with zero attached hydrogens (tertiary/aromatic N) is 1. The van der Waals surface area contributed by atoms with Gasteiger partial charge in [0.2, 0.25) is 11.8 Å². The van der Waals surface area contributed by atoms with Crippen LogP contribution in [0.1, 0.15) is 36.7 Å². The molecule has 0 saturated carbocycles. The van der Waals surface area contributed by atoms with Crippen molar-refractivity contribution in [2.24, 2.45) is 0 Å². The van der Waals surface area contributed by atoms with Crippen molar-refractivity contribution in [1.82, 2.24) is 5.32 Å². The molecule has 1 aromatic rings. The molecule has 0 fully saturated rings. The molecule has 1 heterocycles. The number of nitro groups is 1. The van der Waals surface area contributed by atoms with Crippen LogP contribution in [0.2, 0.25) is 0 Å². The van der Waals surface area contributed by atoms with E-state index in [0.717, 1.165) is 6.07 Å². The van der Waals surface area contributed by atoms with Crippen molar-refractivity contribution in [3.63, 3.8) is 0 Å². The third-order valence-corrected chi connectivity index (χ3v) is 4.23. The Morgan fingerprint density at radius 3 is 2.50 bits per heavy atom. The molecule has 116 valence electrons. The fraction of sp³-hybridized carbons (Fsp3) is 0.308. The van der Waals surface area contributed by atoms with Gasteiger partial charge in [0.05, 0.1) is 20.4 Å². The summed E-state index contributed by atoms with van der Waals surface area (Å²) in [4.78, 5) is 45.9. The van der Waals surface area contributed by atoms with Crippen LogP contribution in [0.25, 0.3) is 0 Å². The normalized spacial score (nSPS) is 15.8. The smallest absolute Gasteiger partial charge is 0.294 e. The number of imide groups is 1. The molecule has 22 heavy (non-hydrogen) atoms. The standard InChI is InChI=1S/C13H12BrN3O5/c1-5(18)15-10-7(17(21)22)4-6-8(9(10)14)11(19)16-12(20)13(6,2)3/h4H,1-3H3,(H,15,18)(H,16,19,20). The fourth-order valence-electron chi connectivity index (χ4n) is 2.23. The lowest BCUT2D eigenvalue weighted by atomic mass is 9.77. The SMILES string of the molecule is CC(=O)Nc1c([N+](=O)[O-])cc2c(c1Br)C(=O)NC(=O)C2(C)C. The molecule has 0 aromatic heterocycles. The highest BCUT2D eigenvalue weighted by Gasteiger charge is 2.43. The van der Waals surface area contributed by atoms with Gasteiger partial charge in [0.25, 0.3) is 11.6 Å². The van der Waals surface area contributed by atoms with E-state index in [1.165, 1.54) is 6.92 Å². The summed E-state index contributed by atoms with van der Waals surface area (Å²) < 4.78 is 0.0741. The zero-order valence-electron chi connectivity index (χ0n) is 11.9. The molecule has 0 aliphatic carbocycles. The maximum atomic E-state index is 12.1. The average Bonchev–Trinajstić information content (AvgIpc) is 2.37. The summed E-state index contributed by atoms with van der Waals surface area (Å²) in [6.45, 7) is 4.31. The molecule has 1 aliphatic heterocycles. The van der Waals surface area contributed by atoms with Crippen LogP contribution in [-0.4, -0.2) is 22.6 Å². The Balaban J connectivity index is 2.86. The summed E-state index contributed by atoms with van der Waals surface area (Å²) in [7, 11) is 0. The number of rotatable bonds is 2. The number of benzene rings is 1. The fourth-order valence-corrected chi connectivity index (χ4v) is 2.93. The van der Waals surface area contributed by atoms with Crippen LogP contribution in [0.5, 0.6) is 0 Å². The first kappa shape index (κ1) is 16.1. The average molecular weight is 370 g/mol. The van der Waals surface area contributed by atoms with Crippen LogP contribution in [0.3, 0.4) is 0 Å². The summed E-state index contributed by atoms with van der Waals surface area (Å²) in [5.74, 6) is -1.73. The van der Waals surface area contributed by atoms with E-state index in [9.17, 15) is 24.5 Å². The van der Waals surface area contributed by atoms with Crippen molar-refractivity contribution in [1.29, 1.82) is 0 Å². The van der Waals surface area contributed by atoms with Gasteiger partial charge in [-0.1, -0.05) is 0 Å². The summed E-state index contributed by atoms with van der Waals surface area (Å²) in [5, 5.41) is 15.8. The number of carbonyl (C=O) groups is 3. The van der Waals surface area contributed by atoms with Crippen LogP contribution in [0.4, 0.5) is 11.4 Å². The third-order valence-electron chi connectivity index (χ3n) is 3.44. The van der Waals surface area contributed by atoms with Gasteiger partial charge in [0.15, 0.2) is 0 Å². The molecule has 0 unspecified atom stereocenters. The highest BCUT2D eigenvalue weighted by Crippen LogP contribution is 2.43. The molecular weight excluding hydrogens is 358 g/mol. The van der Waals surface area contributed by atoms with E-state index in [1.54, 1.807) is 13.8 Å². The Kier molecular flexibility index (Phi) is 3.78. The minimum absolute atomic E-state index is 0.0741. The lowest BCUT2D eigenvalue weighted by molar-refractivity contribution is -0.384. The zero-order chi connectivity index (χ0) is 16.8. The van der Waals surface area contributed by atoms with E-state index in [4.69, 9.17) is 0 Å². The molecule has 1 aromatic carbocycles. The second-order valence-corrected chi connectivity index (χ2v) is 6.15. The Bertz CT molecular complexity index is 742. The van der Waals surface area contributed by atoms with Gasteiger partial charge in [-0.05, 0) is 35.3 Å². The van der Waals surface area contributed by atoms with E-state index >= 15 is 0 Å². The van der Waals surface area contributed by atoms with Crippen LogP contribution in [0, 0.1) is 10.1 Å². The van der Waals surface area contributed by atoms with Crippen molar-refractivity contribution < 1.29 is 19.3 Å². The van der Waals surface area contributed by atoms with Crippen molar-refractivity contribution in [2.45, 2.75) is 26.2 Å². The number of halogens is 1.